The van der Waals surface area contributed by atoms with E-state index in [9.17, 15) is 9.90 Å². The topological polar surface area (TPSA) is 65.0 Å². The van der Waals surface area contributed by atoms with Crippen molar-refractivity contribution in [1.82, 2.24) is 0 Å². The Morgan fingerprint density at radius 1 is 0.756 bits per heavy atom. The number of thiophene rings is 1. The molecule has 0 saturated carbocycles. The van der Waals surface area contributed by atoms with E-state index in [4.69, 9.17) is 14.2 Å². The first kappa shape index (κ1) is 28.7. The fourth-order valence-corrected chi connectivity index (χ4v) is 7.09. The molecule has 5 nitrogen and oxygen atoms in total. The van der Waals surface area contributed by atoms with E-state index in [2.05, 4.69) is 60.7 Å². The van der Waals surface area contributed by atoms with Crippen LogP contribution in [0, 0.1) is 0 Å². The molecule has 0 unspecified atom stereocenters. The second-order valence-electron chi connectivity index (χ2n) is 11.7. The highest BCUT2D eigenvalue weighted by molar-refractivity contribution is 7.19. The Labute approximate surface area is 266 Å². The Bertz CT molecular complexity index is 1980. The molecule has 6 heteroatoms. The molecular formula is C39H32O5S. The van der Waals surface area contributed by atoms with E-state index >= 15 is 0 Å². The second-order valence-corrected chi connectivity index (χ2v) is 12.8. The number of benzene rings is 5. The molecule has 5 aromatic carbocycles. The minimum absolute atomic E-state index is 0.297. The van der Waals surface area contributed by atoms with Crippen LogP contribution in [-0.2, 0) is 17.6 Å². The molecule has 6 aromatic rings. The van der Waals surface area contributed by atoms with Gasteiger partial charge in [0.2, 0.25) is 5.79 Å². The maximum Gasteiger partial charge on any atom is 0.345 e. The molecule has 1 N–H and O–H groups in total. The van der Waals surface area contributed by atoms with E-state index in [1.165, 1.54) is 31.7 Å². The van der Waals surface area contributed by atoms with Crippen LogP contribution in [0.5, 0.6) is 17.2 Å². The van der Waals surface area contributed by atoms with Crippen LogP contribution < -0.4 is 14.2 Å². The molecule has 0 fully saturated rings. The first-order valence-electron chi connectivity index (χ1n) is 15.0. The predicted octanol–water partition coefficient (Wildman–Crippen LogP) is 9.41. The van der Waals surface area contributed by atoms with Crippen LogP contribution in [0.15, 0.2) is 121 Å². The molecule has 224 valence electrons. The molecule has 1 aliphatic rings. The van der Waals surface area contributed by atoms with Gasteiger partial charge in [0, 0.05) is 47.2 Å². The lowest BCUT2D eigenvalue weighted by Gasteiger charge is -2.16. The fourth-order valence-electron chi connectivity index (χ4n) is 5.83. The number of ether oxygens (including phenoxy) is 3. The highest BCUT2D eigenvalue weighted by atomic mass is 32.1. The van der Waals surface area contributed by atoms with E-state index in [1.807, 2.05) is 85.8 Å². The summed E-state index contributed by atoms with van der Waals surface area (Å²) in [5.74, 6) is 0.462. The second kappa shape index (κ2) is 11.8. The van der Waals surface area contributed by atoms with Gasteiger partial charge in [0.25, 0.3) is 0 Å². The van der Waals surface area contributed by atoms with Gasteiger partial charge in [-0.25, -0.2) is 4.79 Å². The minimum atomic E-state index is -0.985. The lowest BCUT2D eigenvalue weighted by Crippen LogP contribution is -2.29. The monoisotopic (exact) mass is 612 g/mol. The predicted molar refractivity (Wildman–Crippen MR) is 179 cm³/mol. The molecular weight excluding hydrogens is 580 g/mol. The van der Waals surface area contributed by atoms with Crippen LogP contribution in [-0.4, -0.2) is 23.0 Å². The van der Waals surface area contributed by atoms with Crippen molar-refractivity contribution in [2.24, 2.45) is 0 Å². The van der Waals surface area contributed by atoms with Crippen LogP contribution >= 0.6 is 11.3 Å². The van der Waals surface area contributed by atoms with Crippen LogP contribution in [0.2, 0.25) is 0 Å². The number of carboxylic acid groups (broad SMARTS) is 1. The lowest BCUT2D eigenvalue weighted by atomic mass is 9.96. The molecule has 0 radical (unpaired) electrons. The van der Waals surface area contributed by atoms with Gasteiger partial charge < -0.3 is 19.3 Å². The van der Waals surface area contributed by atoms with Gasteiger partial charge in [0.15, 0.2) is 17.6 Å². The third-order valence-electron chi connectivity index (χ3n) is 7.93. The first-order valence-corrected chi connectivity index (χ1v) is 15.8. The van der Waals surface area contributed by atoms with Gasteiger partial charge in [-0.15, -0.1) is 11.3 Å². The molecule has 1 aromatic heterocycles. The third-order valence-corrected chi connectivity index (χ3v) is 9.10. The summed E-state index contributed by atoms with van der Waals surface area (Å²) in [5, 5.41) is 11.0. The average molecular weight is 613 g/mol. The maximum atomic E-state index is 11.9. The van der Waals surface area contributed by atoms with Gasteiger partial charge in [-0.3, -0.25) is 0 Å². The number of fused-ring (bicyclic) bond motifs is 2. The van der Waals surface area contributed by atoms with Gasteiger partial charge in [-0.1, -0.05) is 91.0 Å². The summed E-state index contributed by atoms with van der Waals surface area (Å²) in [7, 11) is 0. The summed E-state index contributed by atoms with van der Waals surface area (Å²) >= 11 is 1.83. The molecule has 1 aliphatic heterocycles. The molecule has 0 aliphatic carbocycles. The Hall–Kier alpha value is -5.07. The number of rotatable bonds is 9. The normalized spacial score (nSPS) is 13.9. The van der Waals surface area contributed by atoms with Crippen molar-refractivity contribution in [2.75, 3.05) is 0 Å². The summed E-state index contributed by atoms with van der Waals surface area (Å²) in [4.78, 5) is 13.2. The molecule has 0 amide bonds. The molecule has 0 bridgehead atoms. The summed E-state index contributed by atoms with van der Waals surface area (Å²) in [6, 6.07) is 40.6. The van der Waals surface area contributed by atoms with Crippen LogP contribution in [0.25, 0.3) is 32.3 Å². The maximum absolute atomic E-state index is 11.9. The fraction of sp³-hybridized carbons (Fsp3) is 0.154. The SMILES string of the molecule is CC1(C)Oc2ccc(Cc3sc4ccccc4c3-c3ccc(-c4ccc(O[C@H](Cc5ccccc5)C(=O)O)cc4)cc3)cc2O1. The molecule has 7 rings (SSSR count). The number of carboxylic acids is 1. The van der Waals surface area contributed by atoms with E-state index in [1.54, 1.807) is 0 Å². The number of hydrogen-bond donors (Lipinski definition) is 1. The lowest BCUT2D eigenvalue weighted by molar-refractivity contribution is -0.145. The van der Waals surface area contributed by atoms with E-state index in [-0.39, 0.29) is 0 Å². The van der Waals surface area contributed by atoms with Crippen molar-refractivity contribution in [3.8, 4) is 39.5 Å². The summed E-state index contributed by atoms with van der Waals surface area (Å²) in [6.07, 6.45) is 0.124. The number of carbonyl (C=O) groups is 1. The Morgan fingerprint density at radius 3 is 2.13 bits per heavy atom. The van der Waals surface area contributed by atoms with Crippen molar-refractivity contribution in [3.63, 3.8) is 0 Å². The van der Waals surface area contributed by atoms with Crippen LogP contribution in [0.1, 0.15) is 29.9 Å². The highest BCUT2D eigenvalue weighted by Crippen LogP contribution is 2.43. The standard InChI is InChI=1S/C39H32O5S/c1-39(2)43-32-21-12-26(23-33(32)44-39)24-36-37(31-10-6-7-11-35(31)45-36)29-15-13-27(14-16-29)28-17-19-30(20-18-28)42-34(38(40)41)22-25-8-4-3-5-9-25/h3-21,23,34H,22,24H2,1-2H3,(H,40,41)/t34-/m1/s1. The zero-order valence-electron chi connectivity index (χ0n) is 25.0. The van der Waals surface area contributed by atoms with Crippen molar-refractivity contribution in [1.29, 1.82) is 0 Å². The Balaban J connectivity index is 1.12. The smallest absolute Gasteiger partial charge is 0.345 e. The van der Waals surface area contributed by atoms with Crippen molar-refractivity contribution < 1.29 is 24.1 Å². The quantitative estimate of drug-likeness (QED) is 0.176. The van der Waals surface area contributed by atoms with Crippen molar-refractivity contribution in [2.45, 2.75) is 38.6 Å². The largest absolute Gasteiger partial charge is 0.478 e. The van der Waals surface area contributed by atoms with E-state index < -0.39 is 17.9 Å². The van der Waals surface area contributed by atoms with Crippen molar-refractivity contribution in [3.05, 3.63) is 137 Å². The third kappa shape index (κ3) is 6.15. The van der Waals surface area contributed by atoms with Gasteiger partial charge in [0.05, 0.1) is 0 Å². The Morgan fingerprint density at radius 2 is 1.40 bits per heavy atom. The molecule has 0 saturated heterocycles. The van der Waals surface area contributed by atoms with E-state index in [0.29, 0.717) is 12.2 Å². The van der Waals surface area contributed by atoms with Crippen LogP contribution in [0.4, 0.5) is 0 Å². The van der Waals surface area contributed by atoms with Gasteiger partial charge in [-0.2, -0.15) is 0 Å². The van der Waals surface area contributed by atoms with Crippen LogP contribution in [0.3, 0.4) is 0 Å². The van der Waals surface area contributed by atoms with Gasteiger partial charge in [-0.05, 0) is 58.1 Å². The summed E-state index contributed by atoms with van der Waals surface area (Å²) in [5.41, 5.74) is 6.62. The summed E-state index contributed by atoms with van der Waals surface area (Å²) < 4.78 is 19.0. The zero-order chi connectivity index (χ0) is 31.0. The van der Waals surface area contributed by atoms with E-state index in [0.717, 1.165) is 34.6 Å². The van der Waals surface area contributed by atoms with Crippen molar-refractivity contribution >= 4 is 27.4 Å². The molecule has 45 heavy (non-hydrogen) atoms. The molecule has 2 heterocycles. The number of aliphatic carboxylic acids is 1. The zero-order valence-corrected chi connectivity index (χ0v) is 25.8. The highest BCUT2D eigenvalue weighted by Gasteiger charge is 2.31. The van der Waals surface area contributed by atoms with Gasteiger partial charge >= 0.3 is 5.97 Å². The molecule has 0 spiro atoms. The van der Waals surface area contributed by atoms with Gasteiger partial charge in [0.1, 0.15) is 5.75 Å². The summed E-state index contributed by atoms with van der Waals surface area (Å²) in [6.45, 7) is 3.84. The molecule has 1 atom stereocenters. The minimum Gasteiger partial charge on any atom is -0.478 e. The number of hydrogen-bond acceptors (Lipinski definition) is 5. The average Bonchev–Trinajstić information content (AvgIpc) is 3.56. The Kier molecular flexibility index (Phi) is 7.51. The first-order chi connectivity index (χ1) is 21.8.